The minimum Gasteiger partial charge on any atom is -0.497 e. The third kappa shape index (κ3) is 5.23. The molecular weight excluding hydrogens is 524 g/mol. The fraction of sp³-hybridized carbons (Fsp3) is 0.257. The maximum absolute atomic E-state index is 14.1. The number of methoxy groups -OCH3 is 1. The lowest BCUT2D eigenvalue weighted by atomic mass is 9.97. The number of fused-ring (bicyclic) bond motifs is 2. The van der Waals surface area contributed by atoms with Crippen LogP contribution in [0, 0.1) is 6.92 Å². The van der Waals surface area contributed by atoms with Gasteiger partial charge in [-0.15, -0.1) is 6.58 Å². The summed E-state index contributed by atoms with van der Waals surface area (Å²) in [6, 6.07) is 25.7. The number of aromatic nitrogens is 1. The van der Waals surface area contributed by atoms with E-state index in [-0.39, 0.29) is 11.8 Å². The van der Waals surface area contributed by atoms with Gasteiger partial charge in [-0.05, 0) is 71.6 Å². The zero-order valence-corrected chi connectivity index (χ0v) is 24.3. The maximum Gasteiger partial charge on any atom is 0.270 e. The van der Waals surface area contributed by atoms with E-state index in [9.17, 15) is 9.59 Å². The van der Waals surface area contributed by atoms with E-state index < -0.39 is 0 Å². The maximum atomic E-state index is 14.1. The predicted molar refractivity (Wildman–Crippen MR) is 166 cm³/mol. The van der Waals surface area contributed by atoms with Gasteiger partial charge >= 0.3 is 0 Å². The lowest BCUT2D eigenvalue weighted by molar-refractivity contribution is 0.0639. The van der Waals surface area contributed by atoms with E-state index in [0.717, 1.165) is 59.0 Å². The summed E-state index contributed by atoms with van der Waals surface area (Å²) in [6.07, 6.45) is 1.91. The monoisotopic (exact) mass is 560 g/mol. The van der Waals surface area contributed by atoms with Crippen molar-refractivity contribution in [1.82, 2.24) is 14.4 Å². The Bertz CT molecular complexity index is 1650. The van der Waals surface area contributed by atoms with Gasteiger partial charge < -0.3 is 19.1 Å². The normalized spacial score (nSPS) is 15.0. The van der Waals surface area contributed by atoms with Crippen molar-refractivity contribution in [3.63, 3.8) is 0 Å². The van der Waals surface area contributed by atoms with Gasteiger partial charge in [0.15, 0.2) is 0 Å². The van der Waals surface area contributed by atoms with Crippen molar-refractivity contribution in [1.29, 1.82) is 0 Å². The fourth-order valence-electron chi connectivity index (χ4n) is 6.07. The summed E-state index contributed by atoms with van der Waals surface area (Å²) in [4.78, 5) is 33.9. The highest BCUT2D eigenvalue weighted by molar-refractivity contribution is 6.07. The standard InChI is InChI=1S/C35H36N4O3/c1-4-16-36-17-19-37(20-18-36)35(41)33-15-13-29-24-39(32-11-6-5-8-28(32)23-38(29)33)34(40)27-12-14-31(25(2)21-27)26-9-7-10-30(22-26)42-3/h4-15,21-22H,1,16-20,23-24H2,2-3H3. The molecule has 3 heterocycles. The molecule has 0 atom stereocenters. The van der Waals surface area contributed by atoms with Crippen LogP contribution in [-0.4, -0.2) is 66.0 Å². The molecule has 1 saturated heterocycles. The van der Waals surface area contributed by atoms with Crippen LogP contribution in [0.5, 0.6) is 5.75 Å². The summed E-state index contributed by atoms with van der Waals surface area (Å²) in [6.45, 7) is 10.7. The number of amides is 2. The number of anilines is 1. The third-order valence-electron chi connectivity index (χ3n) is 8.37. The first-order valence-electron chi connectivity index (χ1n) is 14.4. The van der Waals surface area contributed by atoms with Crippen molar-refractivity contribution in [2.45, 2.75) is 20.0 Å². The van der Waals surface area contributed by atoms with Crippen molar-refractivity contribution in [3.8, 4) is 16.9 Å². The van der Waals surface area contributed by atoms with Gasteiger partial charge in [0.2, 0.25) is 0 Å². The molecule has 214 valence electrons. The summed E-state index contributed by atoms with van der Waals surface area (Å²) in [5, 5.41) is 0. The lowest BCUT2D eigenvalue weighted by Gasteiger charge is -2.34. The summed E-state index contributed by atoms with van der Waals surface area (Å²) in [5.74, 6) is 0.771. The Labute approximate surface area is 247 Å². The topological polar surface area (TPSA) is 58.0 Å². The molecule has 7 nitrogen and oxygen atoms in total. The molecule has 1 aromatic heterocycles. The number of ether oxygens (including phenoxy) is 1. The molecule has 0 radical (unpaired) electrons. The zero-order valence-electron chi connectivity index (χ0n) is 24.3. The van der Waals surface area contributed by atoms with Crippen LogP contribution in [0.25, 0.3) is 11.1 Å². The Balaban J connectivity index is 1.29. The summed E-state index contributed by atoms with van der Waals surface area (Å²) in [7, 11) is 1.66. The molecule has 42 heavy (non-hydrogen) atoms. The molecule has 3 aromatic carbocycles. The zero-order chi connectivity index (χ0) is 29.2. The van der Waals surface area contributed by atoms with Crippen LogP contribution in [-0.2, 0) is 13.1 Å². The average Bonchev–Trinajstić information content (AvgIpc) is 3.33. The Morgan fingerprint density at radius 3 is 2.45 bits per heavy atom. The van der Waals surface area contributed by atoms with Crippen molar-refractivity contribution in [3.05, 3.63) is 120 Å². The van der Waals surface area contributed by atoms with Crippen LogP contribution in [0.1, 0.15) is 37.7 Å². The highest BCUT2D eigenvalue weighted by Crippen LogP contribution is 2.32. The number of carbonyl (C=O) groups is 2. The van der Waals surface area contributed by atoms with Gasteiger partial charge in [-0.3, -0.25) is 14.5 Å². The van der Waals surface area contributed by atoms with E-state index in [4.69, 9.17) is 4.74 Å². The largest absolute Gasteiger partial charge is 0.497 e. The molecular formula is C35H36N4O3. The highest BCUT2D eigenvalue weighted by Gasteiger charge is 2.30. The fourth-order valence-corrected chi connectivity index (χ4v) is 6.07. The van der Waals surface area contributed by atoms with E-state index in [1.165, 1.54) is 0 Å². The Morgan fingerprint density at radius 1 is 0.881 bits per heavy atom. The third-order valence-corrected chi connectivity index (χ3v) is 8.37. The van der Waals surface area contributed by atoms with Gasteiger partial charge in [0.1, 0.15) is 11.4 Å². The molecule has 6 rings (SSSR count). The number of hydrogen-bond donors (Lipinski definition) is 0. The second-order valence-corrected chi connectivity index (χ2v) is 11.0. The SMILES string of the molecule is C=CCN1CCN(C(=O)c2ccc3n2Cc2ccccc2N(C(=O)c2ccc(-c4cccc(OC)c4)c(C)c2)C3)CC1. The number of nitrogens with zero attached hydrogens (tertiary/aromatic N) is 4. The van der Waals surface area contributed by atoms with E-state index in [2.05, 4.69) is 16.0 Å². The second-order valence-electron chi connectivity index (χ2n) is 11.0. The van der Waals surface area contributed by atoms with Crippen molar-refractivity contribution in [2.75, 3.05) is 44.7 Å². The molecule has 2 aliphatic rings. The number of aryl methyl sites for hydroxylation is 1. The van der Waals surface area contributed by atoms with Crippen LogP contribution in [0.4, 0.5) is 5.69 Å². The van der Waals surface area contributed by atoms with Crippen LogP contribution < -0.4 is 9.64 Å². The van der Waals surface area contributed by atoms with Gasteiger partial charge in [0.05, 0.1) is 20.2 Å². The molecule has 2 aliphatic heterocycles. The first-order valence-corrected chi connectivity index (χ1v) is 14.4. The number of benzene rings is 3. The van der Waals surface area contributed by atoms with Crippen LogP contribution >= 0.6 is 0 Å². The molecule has 0 spiro atoms. The number of para-hydroxylation sites is 1. The molecule has 0 unspecified atom stereocenters. The first kappa shape index (κ1) is 27.5. The van der Waals surface area contributed by atoms with Gasteiger partial charge in [0.25, 0.3) is 11.8 Å². The molecule has 7 heteroatoms. The van der Waals surface area contributed by atoms with Gasteiger partial charge in [-0.25, -0.2) is 0 Å². The van der Waals surface area contributed by atoms with Gasteiger partial charge in [-0.2, -0.15) is 0 Å². The average molecular weight is 561 g/mol. The molecule has 0 bridgehead atoms. The molecule has 2 amide bonds. The van der Waals surface area contributed by atoms with Crippen LogP contribution in [0.15, 0.2) is 91.5 Å². The smallest absolute Gasteiger partial charge is 0.270 e. The number of rotatable bonds is 6. The molecule has 1 fully saturated rings. The summed E-state index contributed by atoms with van der Waals surface area (Å²) in [5.41, 5.74) is 7.24. The predicted octanol–water partition coefficient (Wildman–Crippen LogP) is 5.62. The first-order chi connectivity index (χ1) is 20.5. The van der Waals surface area contributed by atoms with Gasteiger partial charge in [-0.1, -0.05) is 42.5 Å². The minimum absolute atomic E-state index is 0.0421. The minimum atomic E-state index is -0.0661. The van der Waals surface area contributed by atoms with E-state index in [1.54, 1.807) is 7.11 Å². The number of hydrogen-bond acceptors (Lipinski definition) is 4. The summed E-state index contributed by atoms with van der Waals surface area (Å²) < 4.78 is 7.49. The van der Waals surface area contributed by atoms with E-state index in [0.29, 0.717) is 37.4 Å². The Hall–Kier alpha value is -4.62. The summed E-state index contributed by atoms with van der Waals surface area (Å²) >= 11 is 0. The van der Waals surface area contributed by atoms with Crippen molar-refractivity contribution >= 4 is 17.5 Å². The molecule has 0 saturated carbocycles. The van der Waals surface area contributed by atoms with Gasteiger partial charge in [0, 0.05) is 49.7 Å². The highest BCUT2D eigenvalue weighted by atomic mass is 16.5. The molecule has 4 aromatic rings. The molecule has 0 aliphatic carbocycles. The van der Waals surface area contributed by atoms with Crippen molar-refractivity contribution < 1.29 is 14.3 Å². The number of carbonyl (C=O) groups excluding carboxylic acids is 2. The molecule has 0 N–H and O–H groups in total. The van der Waals surface area contributed by atoms with Crippen LogP contribution in [0.3, 0.4) is 0 Å². The van der Waals surface area contributed by atoms with Crippen LogP contribution in [0.2, 0.25) is 0 Å². The van der Waals surface area contributed by atoms with E-state index in [1.807, 2.05) is 102 Å². The Kier molecular flexibility index (Phi) is 7.68. The lowest BCUT2D eigenvalue weighted by Crippen LogP contribution is -2.49. The quantitative estimate of drug-likeness (QED) is 0.287. The number of piperazine rings is 1. The second kappa shape index (κ2) is 11.7. The van der Waals surface area contributed by atoms with Crippen molar-refractivity contribution in [2.24, 2.45) is 0 Å². The Morgan fingerprint density at radius 2 is 1.69 bits per heavy atom. The van der Waals surface area contributed by atoms with E-state index >= 15 is 0 Å².